The molecule has 26 heavy (non-hydrogen) atoms. The van der Waals surface area contributed by atoms with E-state index in [0.717, 1.165) is 22.4 Å². The van der Waals surface area contributed by atoms with Crippen molar-refractivity contribution in [1.29, 1.82) is 0 Å². The lowest BCUT2D eigenvalue weighted by molar-refractivity contribution is 0.0992. The Morgan fingerprint density at radius 2 is 1.77 bits per heavy atom. The molecule has 0 fully saturated rings. The second-order valence-electron chi connectivity index (χ2n) is 6.75. The number of amides is 1. The van der Waals surface area contributed by atoms with Gasteiger partial charge in [0.15, 0.2) is 0 Å². The van der Waals surface area contributed by atoms with E-state index in [1.165, 1.54) is 11.1 Å². The zero-order valence-electron chi connectivity index (χ0n) is 15.2. The molecule has 0 saturated carbocycles. The fourth-order valence-electron chi connectivity index (χ4n) is 3.35. The Bertz CT molecular complexity index is 979. The predicted octanol–water partition coefficient (Wildman–Crippen LogP) is 4.78. The first-order valence-electron chi connectivity index (χ1n) is 8.74. The first-order chi connectivity index (χ1) is 12.6. The maximum absolute atomic E-state index is 13.1. The van der Waals surface area contributed by atoms with E-state index in [1.807, 2.05) is 49.4 Å². The van der Waals surface area contributed by atoms with Crippen LogP contribution in [-0.4, -0.2) is 10.9 Å². The highest BCUT2D eigenvalue weighted by molar-refractivity contribution is 6.11. The highest BCUT2D eigenvalue weighted by atomic mass is 16.2. The Balaban J connectivity index is 1.81. The third kappa shape index (κ3) is 2.64. The number of rotatable bonds is 3. The summed E-state index contributed by atoms with van der Waals surface area (Å²) in [4.78, 5) is 19.3. The van der Waals surface area contributed by atoms with Gasteiger partial charge in [-0.05, 0) is 55.7 Å². The molecule has 1 aliphatic rings. The van der Waals surface area contributed by atoms with Gasteiger partial charge in [-0.15, -0.1) is 0 Å². The van der Waals surface area contributed by atoms with Gasteiger partial charge in [0.05, 0.1) is 0 Å². The predicted molar refractivity (Wildman–Crippen MR) is 105 cm³/mol. The Labute approximate surface area is 153 Å². The molecule has 1 aromatic heterocycles. The molecule has 0 bridgehead atoms. The van der Waals surface area contributed by atoms with E-state index in [-0.39, 0.29) is 12.1 Å². The molecule has 1 aliphatic heterocycles. The zero-order chi connectivity index (χ0) is 18.3. The number of fused-ring (bicyclic) bond motifs is 1. The number of hydrogen-bond donors (Lipinski definition) is 1. The lowest BCUT2D eigenvalue weighted by Crippen LogP contribution is -2.33. The molecular formula is C22H21N3O. The molecule has 2 heterocycles. The van der Waals surface area contributed by atoms with Crippen molar-refractivity contribution in [1.82, 2.24) is 4.98 Å². The molecule has 130 valence electrons. The number of carbonyl (C=O) groups excluding carboxylic acids is 1. The summed E-state index contributed by atoms with van der Waals surface area (Å²) < 4.78 is 0. The lowest BCUT2D eigenvalue weighted by Gasteiger charge is -2.27. The second-order valence-corrected chi connectivity index (χ2v) is 6.75. The minimum atomic E-state index is -0.283. The monoisotopic (exact) mass is 343 g/mol. The first kappa shape index (κ1) is 16.3. The molecule has 2 aromatic carbocycles. The number of hydrogen-bond acceptors (Lipinski definition) is 3. The normalized spacial score (nSPS) is 15.9. The summed E-state index contributed by atoms with van der Waals surface area (Å²) in [5.41, 5.74) is 6.18. The Morgan fingerprint density at radius 3 is 2.54 bits per heavy atom. The standard InChI is InChI=1S/C22H21N3O/c1-14-11-12-20(23-13-14)25-21(17-8-4-5-9-18(17)22(25)26)24-19-10-6-7-15(2)16(19)3/h4-13,21,24H,1-3H3/t21-/m0/s1. The Kier molecular flexibility index (Phi) is 3.96. The second kappa shape index (κ2) is 6.30. The fourth-order valence-corrected chi connectivity index (χ4v) is 3.35. The largest absolute Gasteiger partial charge is 0.361 e. The van der Waals surface area contributed by atoms with Gasteiger partial charge in [-0.1, -0.05) is 36.4 Å². The van der Waals surface area contributed by atoms with E-state index < -0.39 is 0 Å². The van der Waals surface area contributed by atoms with Gasteiger partial charge in [-0.25, -0.2) is 4.98 Å². The fraction of sp³-hybridized carbons (Fsp3) is 0.182. The number of pyridine rings is 1. The highest BCUT2D eigenvalue weighted by Crippen LogP contribution is 2.37. The average Bonchev–Trinajstić information content (AvgIpc) is 2.92. The quantitative estimate of drug-likeness (QED) is 0.744. The number of carbonyl (C=O) groups is 1. The molecule has 0 saturated heterocycles. The van der Waals surface area contributed by atoms with E-state index in [2.05, 4.69) is 36.3 Å². The van der Waals surface area contributed by atoms with Gasteiger partial charge in [-0.2, -0.15) is 0 Å². The molecule has 0 aliphatic carbocycles. The maximum Gasteiger partial charge on any atom is 0.261 e. The van der Waals surface area contributed by atoms with Crippen LogP contribution in [0.1, 0.15) is 38.8 Å². The van der Waals surface area contributed by atoms with Crippen molar-refractivity contribution in [2.24, 2.45) is 0 Å². The molecule has 0 radical (unpaired) electrons. The number of nitrogens with zero attached hydrogens (tertiary/aromatic N) is 2. The van der Waals surface area contributed by atoms with E-state index in [9.17, 15) is 4.79 Å². The van der Waals surface area contributed by atoms with Gasteiger partial charge < -0.3 is 5.32 Å². The van der Waals surface area contributed by atoms with Gasteiger partial charge >= 0.3 is 0 Å². The zero-order valence-corrected chi connectivity index (χ0v) is 15.2. The van der Waals surface area contributed by atoms with Gasteiger partial charge in [0.2, 0.25) is 0 Å². The SMILES string of the molecule is Cc1ccc(N2C(=O)c3ccccc3[C@H]2Nc2cccc(C)c2C)nc1. The van der Waals surface area contributed by atoms with Crippen molar-refractivity contribution in [3.05, 3.63) is 88.6 Å². The van der Waals surface area contributed by atoms with Crippen LogP contribution in [-0.2, 0) is 0 Å². The third-order valence-corrected chi connectivity index (χ3v) is 5.00. The molecule has 1 N–H and O–H groups in total. The molecule has 4 heteroatoms. The van der Waals surface area contributed by atoms with Crippen LogP contribution in [0.3, 0.4) is 0 Å². The molecule has 3 aromatic rings. The van der Waals surface area contributed by atoms with Crippen LogP contribution < -0.4 is 10.2 Å². The summed E-state index contributed by atoms with van der Waals surface area (Å²) in [6, 6.07) is 17.8. The Morgan fingerprint density at radius 1 is 0.962 bits per heavy atom. The van der Waals surface area contributed by atoms with Gasteiger partial charge in [-0.3, -0.25) is 9.69 Å². The number of nitrogens with one attached hydrogen (secondary N) is 1. The summed E-state index contributed by atoms with van der Waals surface area (Å²) in [7, 11) is 0. The van der Waals surface area contributed by atoms with E-state index in [1.54, 1.807) is 11.1 Å². The van der Waals surface area contributed by atoms with Crippen molar-refractivity contribution in [3.8, 4) is 0 Å². The average molecular weight is 343 g/mol. The molecule has 1 amide bonds. The summed E-state index contributed by atoms with van der Waals surface area (Å²) in [5, 5.41) is 3.56. The van der Waals surface area contributed by atoms with E-state index >= 15 is 0 Å². The van der Waals surface area contributed by atoms with Crippen LogP contribution in [0.15, 0.2) is 60.8 Å². The summed E-state index contributed by atoms with van der Waals surface area (Å²) in [5.74, 6) is 0.624. The maximum atomic E-state index is 13.1. The van der Waals surface area contributed by atoms with Crippen LogP contribution in [0.5, 0.6) is 0 Å². The first-order valence-corrected chi connectivity index (χ1v) is 8.74. The van der Waals surface area contributed by atoms with Crippen LogP contribution >= 0.6 is 0 Å². The number of benzene rings is 2. The van der Waals surface area contributed by atoms with Crippen molar-refractivity contribution in [2.45, 2.75) is 26.9 Å². The van der Waals surface area contributed by atoms with Crippen LogP contribution in [0.4, 0.5) is 11.5 Å². The number of anilines is 2. The molecule has 4 nitrogen and oxygen atoms in total. The third-order valence-electron chi connectivity index (χ3n) is 5.00. The van der Waals surface area contributed by atoms with Crippen LogP contribution in [0.2, 0.25) is 0 Å². The topological polar surface area (TPSA) is 45.2 Å². The molecule has 0 spiro atoms. The van der Waals surface area contributed by atoms with Crippen molar-refractivity contribution < 1.29 is 4.79 Å². The van der Waals surface area contributed by atoms with E-state index in [0.29, 0.717) is 5.82 Å². The molecule has 0 unspecified atom stereocenters. The summed E-state index contributed by atoms with van der Waals surface area (Å²) in [6.45, 7) is 6.17. The highest BCUT2D eigenvalue weighted by Gasteiger charge is 2.38. The lowest BCUT2D eigenvalue weighted by atomic mass is 10.1. The van der Waals surface area contributed by atoms with E-state index in [4.69, 9.17) is 0 Å². The number of aryl methyl sites for hydroxylation is 2. The van der Waals surface area contributed by atoms with Crippen LogP contribution in [0.25, 0.3) is 0 Å². The van der Waals surface area contributed by atoms with Gasteiger partial charge in [0, 0.05) is 23.0 Å². The van der Waals surface area contributed by atoms with Gasteiger partial charge in [0.25, 0.3) is 5.91 Å². The van der Waals surface area contributed by atoms with Crippen molar-refractivity contribution in [2.75, 3.05) is 10.2 Å². The van der Waals surface area contributed by atoms with Crippen molar-refractivity contribution in [3.63, 3.8) is 0 Å². The minimum absolute atomic E-state index is 0.0280. The molecule has 1 atom stereocenters. The van der Waals surface area contributed by atoms with Gasteiger partial charge in [0.1, 0.15) is 12.0 Å². The number of aromatic nitrogens is 1. The summed E-state index contributed by atoms with van der Waals surface area (Å²) >= 11 is 0. The van der Waals surface area contributed by atoms with Crippen LogP contribution in [0, 0.1) is 20.8 Å². The van der Waals surface area contributed by atoms with Crippen molar-refractivity contribution >= 4 is 17.4 Å². The smallest absolute Gasteiger partial charge is 0.261 e. The molecule has 4 rings (SSSR count). The Hall–Kier alpha value is -3.14. The molecular weight excluding hydrogens is 322 g/mol. The summed E-state index contributed by atoms with van der Waals surface area (Å²) in [6.07, 6.45) is 1.51. The minimum Gasteiger partial charge on any atom is -0.361 e.